The summed E-state index contributed by atoms with van der Waals surface area (Å²) in [6.45, 7) is 7.70. The first kappa shape index (κ1) is 26.7. The number of hydrogen-bond acceptors (Lipinski definition) is 7. The van der Waals surface area contributed by atoms with Crippen LogP contribution >= 0.6 is 39.9 Å². The summed E-state index contributed by atoms with van der Waals surface area (Å²) in [5.41, 5.74) is 0.795. The molecule has 1 aromatic carbocycles. The van der Waals surface area contributed by atoms with Gasteiger partial charge in [0.1, 0.15) is 4.32 Å². The summed E-state index contributed by atoms with van der Waals surface area (Å²) in [7, 11) is 0. The van der Waals surface area contributed by atoms with Gasteiger partial charge >= 0.3 is 5.97 Å². The molecular formula is C23H30BrNO5S2. The Labute approximate surface area is 208 Å². The Kier molecular flexibility index (Phi) is 11.5. The van der Waals surface area contributed by atoms with Crippen LogP contribution in [0.4, 0.5) is 0 Å². The molecule has 1 heterocycles. The lowest BCUT2D eigenvalue weighted by atomic mass is 10.1. The first-order valence-corrected chi connectivity index (χ1v) is 12.9. The highest BCUT2D eigenvalue weighted by Gasteiger charge is 2.32. The fraction of sp³-hybridized carbons (Fsp3) is 0.522. The van der Waals surface area contributed by atoms with E-state index < -0.39 is 0 Å². The van der Waals surface area contributed by atoms with E-state index in [0.717, 1.165) is 35.7 Å². The Balaban J connectivity index is 2.13. The molecule has 0 aromatic heterocycles. The number of nitrogens with zero attached hydrogens (tertiary/aromatic N) is 1. The Morgan fingerprint density at radius 3 is 2.62 bits per heavy atom. The number of esters is 1. The van der Waals surface area contributed by atoms with Gasteiger partial charge in [0.25, 0.3) is 5.91 Å². The van der Waals surface area contributed by atoms with Crippen LogP contribution in [0.25, 0.3) is 6.08 Å². The Morgan fingerprint density at radius 2 is 1.94 bits per heavy atom. The molecule has 1 aliphatic rings. The number of benzene rings is 1. The third-order valence-electron chi connectivity index (χ3n) is 4.50. The molecule has 0 bridgehead atoms. The van der Waals surface area contributed by atoms with Gasteiger partial charge in [0.2, 0.25) is 0 Å². The van der Waals surface area contributed by atoms with Gasteiger partial charge in [-0.1, -0.05) is 50.7 Å². The van der Waals surface area contributed by atoms with E-state index in [1.807, 2.05) is 26.0 Å². The summed E-state index contributed by atoms with van der Waals surface area (Å²) >= 11 is 10.2. The van der Waals surface area contributed by atoms with E-state index in [1.54, 1.807) is 6.08 Å². The molecular weight excluding hydrogens is 514 g/mol. The van der Waals surface area contributed by atoms with E-state index in [-0.39, 0.29) is 24.8 Å². The van der Waals surface area contributed by atoms with E-state index in [1.165, 1.54) is 16.7 Å². The van der Waals surface area contributed by atoms with Crippen molar-refractivity contribution in [2.75, 3.05) is 26.4 Å². The van der Waals surface area contributed by atoms with Crippen LogP contribution in [0.15, 0.2) is 21.5 Å². The smallest absolute Gasteiger partial charge is 0.307 e. The molecule has 0 atom stereocenters. The molecule has 1 aromatic rings. The van der Waals surface area contributed by atoms with Crippen molar-refractivity contribution < 1.29 is 23.8 Å². The molecule has 0 spiro atoms. The van der Waals surface area contributed by atoms with Crippen molar-refractivity contribution in [1.82, 2.24) is 4.90 Å². The summed E-state index contributed by atoms with van der Waals surface area (Å²) in [6, 6.07) is 3.75. The fourth-order valence-electron chi connectivity index (χ4n) is 2.94. The van der Waals surface area contributed by atoms with Crippen molar-refractivity contribution in [3.05, 3.63) is 27.1 Å². The van der Waals surface area contributed by atoms with Gasteiger partial charge in [0.05, 0.1) is 35.6 Å². The minimum atomic E-state index is -0.329. The molecule has 176 valence electrons. The minimum Gasteiger partial charge on any atom is -0.490 e. The number of halogens is 1. The molecule has 0 radical (unpaired) electrons. The number of rotatable bonds is 13. The van der Waals surface area contributed by atoms with Crippen LogP contribution in [0.5, 0.6) is 11.5 Å². The first-order valence-electron chi connectivity index (χ1n) is 10.9. The molecule has 1 aliphatic heterocycles. The molecule has 2 rings (SSSR count). The molecule has 6 nitrogen and oxygen atoms in total. The fourth-order valence-corrected chi connectivity index (χ4v) is 4.82. The number of amides is 1. The lowest BCUT2D eigenvalue weighted by Gasteiger charge is -2.15. The van der Waals surface area contributed by atoms with E-state index in [9.17, 15) is 9.59 Å². The van der Waals surface area contributed by atoms with Crippen LogP contribution in [-0.2, 0) is 14.3 Å². The maximum absolute atomic E-state index is 12.8. The zero-order chi connectivity index (χ0) is 23.5. The average molecular weight is 545 g/mol. The Bertz CT molecular complexity index is 859. The summed E-state index contributed by atoms with van der Waals surface area (Å²) < 4.78 is 18.0. The lowest BCUT2D eigenvalue weighted by molar-refractivity contribution is -0.143. The largest absolute Gasteiger partial charge is 0.490 e. The second-order valence-electron chi connectivity index (χ2n) is 7.12. The van der Waals surface area contributed by atoms with E-state index in [4.69, 9.17) is 26.4 Å². The van der Waals surface area contributed by atoms with E-state index in [2.05, 4.69) is 22.9 Å². The van der Waals surface area contributed by atoms with Crippen molar-refractivity contribution in [3.8, 4) is 11.5 Å². The molecule has 0 unspecified atom stereocenters. The summed E-state index contributed by atoms with van der Waals surface area (Å²) in [5.74, 6) is 0.749. The molecule has 0 aliphatic carbocycles. The van der Waals surface area contributed by atoms with Gasteiger partial charge in [-0.15, -0.1) is 0 Å². The van der Waals surface area contributed by atoms with Gasteiger partial charge in [0, 0.05) is 6.54 Å². The van der Waals surface area contributed by atoms with Crippen LogP contribution < -0.4 is 9.47 Å². The predicted octanol–water partition coefficient (Wildman–Crippen LogP) is 5.96. The van der Waals surface area contributed by atoms with Crippen molar-refractivity contribution in [1.29, 1.82) is 0 Å². The molecule has 1 saturated heterocycles. The van der Waals surface area contributed by atoms with Gasteiger partial charge < -0.3 is 14.2 Å². The van der Waals surface area contributed by atoms with E-state index in [0.29, 0.717) is 40.5 Å². The molecule has 0 saturated carbocycles. The van der Waals surface area contributed by atoms with Crippen LogP contribution in [-0.4, -0.2) is 47.5 Å². The maximum Gasteiger partial charge on any atom is 0.307 e. The molecule has 9 heteroatoms. The summed E-state index contributed by atoms with van der Waals surface area (Å²) in [4.78, 5) is 26.6. The molecule has 32 heavy (non-hydrogen) atoms. The zero-order valence-corrected chi connectivity index (χ0v) is 22.0. The molecule has 0 N–H and O–H groups in total. The monoisotopic (exact) mass is 543 g/mol. The summed E-state index contributed by atoms with van der Waals surface area (Å²) in [6.07, 6.45) is 5.87. The standard InChI is InChI=1S/C23H30BrNO5S2/c1-4-7-8-12-30-21-17(24)13-16(14-18(21)28-6-3)15-19-22(27)25(23(31)32-19)10-9-20(26)29-11-5-2/h13-15H,4-12H2,1-3H3/b19-15-. The van der Waals surface area contributed by atoms with Crippen molar-refractivity contribution >= 4 is 62.2 Å². The highest BCUT2D eigenvalue weighted by molar-refractivity contribution is 9.10. The van der Waals surface area contributed by atoms with Gasteiger partial charge in [-0.25, -0.2) is 0 Å². The topological polar surface area (TPSA) is 65.1 Å². The van der Waals surface area contributed by atoms with Gasteiger partial charge in [-0.2, -0.15) is 0 Å². The normalized spacial score (nSPS) is 14.9. The number of unbranched alkanes of at least 4 members (excludes halogenated alkanes) is 2. The zero-order valence-electron chi connectivity index (χ0n) is 18.8. The van der Waals surface area contributed by atoms with Crippen molar-refractivity contribution in [2.45, 2.75) is 52.9 Å². The number of thiocarbonyl (C=S) groups is 1. The van der Waals surface area contributed by atoms with Crippen LogP contribution in [0.1, 0.15) is 58.4 Å². The first-order chi connectivity index (χ1) is 15.4. The quantitative estimate of drug-likeness (QED) is 0.131. The third kappa shape index (κ3) is 7.78. The Hall–Kier alpha value is -1.58. The second-order valence-corrected chi connectivity index (χ2v) is 9.65. The van der Waals surface area contributed by atoms with E-state index >= 15 is 0 Å². The highest BCUT2D eigenvalue weighted by atomic mass is 79.9. The van der Waals surface area contributed by atoms with Crippen LogP contribution in [0.2, 0.25) is 0 Å². The highest BCUT2D eigenvalue weighted by Crippen LogP contribution is 2.39. The lowest BCUT2D eigenvalue weighted by Crippen LogP contribution is -2.30. The molecule has 1 fully saturated rings. The average Bonchev–Trinajstić information content (AvgIpc) is 3.02. The summed E-state index contributed by atoms with van der Waals surface area (Å²) in [5, 5.41) is 0. The number of carbonyl (C=O) groups excluding carboxylic acids is 2. The van der Waals surface area contributed by atoms with Crippen LogP contribution in [0, 0.1) is 0 Å². The van der Waals surface area contributed by atoms with Crippen LogP contribution in [0.3, 0.4) is 0 Å². The SMILES string of the molecule is CCCCCOc1c(Br)cc(/C=C2\SC(=S)N(CCC(=O)OCCC)C2=O)cc1OCC. The van der Waals surface area contributed by atoms with Crippen molar-refractivity contribution in [3.63, 3.8) is 0 Å². The minimum absolute atomic E-state index is 0.115. The number of ether oxygens (including phenoxy) is 3. The number of thioether (sulfide) groups is 1. The molecule has 1 amide bonds. The predicted molar refractivity (Wildman–Crippen MR) is 136 cm³/mol. The third-order valence-corrected chi connectivity index (χ3v) is 6.47. The second kappa shape index (κ2) is 13.9. The number of carbonyl (C=O) groups is 2. The van der Waals surface area contributed by atoms with Gasteiger partial charge in [-0.3, -0.25) is 14.5 Å². The van der Waals surface area contributed by atoms with Gasteiger partial charge in [-0.05, 0) is 59.5 Å². The Morgan fingerprint density at radius 1 is 1.16 bits per heavy atom. The van der Waals surface area contributed by atoms with Gasteiger partial charge in [0.15, 0.2) is 11.5 Å². The van der Waals surface area contributed by atoms with Crippen molar-refractivity contribution in [2.24, 2.45) is 0 Å². The maximum atomic E-state index is 12.8. The number of hydrogen-bond donors (Lipinski definition) is 0.